The number of nitrogens with zero attached hydrogens (tertiary/aromatic N) is 4. The first-order valence-corrected chi connectivity index (χ1v) is 9.48. The molecule has 0 aliphatic carbocycles. The van der Waals surface area contributed by atoms with Crippen LogP contribution in [-0.2, 0) is 7.05 Å². The van der Waals surface area contributed by atoms with E-state index in [0.29, 0.717) is 25.1 Å². The molecule has 0 bridgehead atoms. The fraction of sp³-hybridized carbons (Fsp3) is 0.238. The monoisotopic (exact) mass is 409 g/mol. The number of Topliss-reactive ketones (excluding diaryl/α,β-unsaturated/α-hetero) is 1. The van der Waals surface area contributed by atoms with Crippen molar-refractivity contribution in [3.05, 3.63) is 76.1 Å². The van der Waals surface area contributed by atoms with Gasteiger partial charge in [0.15, 0.2) is 5.78 Å². The van der Waals surface area contributed by atoms with Crippen molar-refractivity contribution in [2.24, 2.45) is 7.05 Å². The summed E-state index contributed by atoms with van der Waals surface area (Å²) in [6.07, 6.45) is 4.00. The standard InChI is InChI=1S/C21H20FN5O3/c1-25-9-7-13(10-18(25)28)21(30)26-8-3-6-17(26)19(29)16-12-24-27(20(16)23)15-5-2-4-14(22)11-15/h2,4-5,7,9-12,17H,3,6,8,23H2,1H3/t17-/m0/s1. The first-order valence-electron chi connectivity index (χ1n) is 9.48. The summed E-state index contributed by atoms with van der Waals surface area (Å²) in [7, 11) is 1.60. The van der Waals surface area contributed by atoms with Crippen LogP contribution in [0.2, 0.25) is 0 Å². The van der Waals surface area contributed by atoms with Crippen molar-refractivity contribution in [2.45, 2.75) is 18.9 Å². The zero-order valence-corrected chi connectivity index (χ0v) is 16.3. The molecule has 9 heteroatoms. The minimum absolute atomic E-state index is 0.0819. The molecule has 0 spiro atoms. The molecule has 2 aromatic heterocycles. The number of ketones is 1. The lowest BCUT2D eigenvalue weighted by Crippen LogP contribution is -2.41. The van der Waals surface area contributed by atoms with Crippen molar-refractivity contribution in [1.82, 2.24) is 19.2 Å². The number of pyridine rings is 1. The minimum atomic E-state index is -0.700. The van der Waals surface area contributed by atoms with E-state index in [-0.39, 0.29) is 34.2 Å². The van der Waals surface area contributed by atoms with Gasteiger partial charge in [-0.1, -0.05) is 6.07 Å². The van der Waals surface area contributed by atoms with E-state index in [1.807, 2.05) is 0 Å². The van der Waals surface area contributed by atoms with Crippen molar-refractivity contribution in [3.63, 3.8) is 0 Å². The Labute approximate surface area is 171 Å². The lowest BCUT2D eigenvalue weighted by atomic mass is 10.0. The largest absolute Gasteiger partial charge is 0.383 e. The maximum absolute atomic E-state index is 13.5. The number of halogens is 1. The zero-order valence-electron chi connectivity index (χ0n) is 16.3. The summed E-state index contributed by atoms with van der Waals surface area (Å²) >= 11 is 0. The van der Waals surface area contributed by atoms with Crippen LogP contribution in [-0.4, -0.2) is 43.5 Å². The highest BCUT2D eigenvalue weighted by atomic mass is 19.1. The van der Waals surface area contributed by atoms with E-state index in [1.165, 1.54) is 50.8 Å². The fourth-order valence-corrected chi connectivity index (χ4v) is 3.67. The van der Waals surface area contributed by atoms with Crippen molar-refractivity contribution < 1.29 is 14.0 Å². The number of carbonyl (C=O) groups excluding carboxylic acids is 2. The molecule has 3 aromatic rings. The first kappa shape index (κ1) is 19.6. The molecule has 1 aliphatic rings. The van der Waals surface area contributed by atoms with Gasteiger partial charge >= 0.3 is 0 Å². The SMILES string of the molecule is Cn1ccc(C(=O)N2CCC[C@H]2C(=O)c2cnn(-c3cccc(F)c3)c2N)cc1=O. The van der Waals surface area contributed by atoms with Crippen LogP contribution >= 0.6 is 0 Å². The van der Waals surface area contributed by atoms with Crippen molar-refractivity contribution >= 4 is 17.5 Å². The number of hydrogen-bond donors (Lipinski definition) is 1. The van der Waals surface area contributed by atoms with Crippen molar-refractivity contribution in [1.29, 1.82) is 0 Å². The predicted molar refractivity (Wildman–Crippen MR) is 108 cm³/mol. The Bertz CT molecular complexity index is 1200. The van der Waals surface area contributed by atoms with Crippen LogP contribution in [0, 0.1) is 5.82 Å². The highest BCUT2D eigenvalue weighted by molar-refractivity contribution is 6.07. The molecule has 0 unspecified atom stereocenters. The maximum Gasteiger partial charge on any atom is 0.254 e. The van der Waals surface area contributed by atoms with E-state index in [9.17, 15) is 18.8 Å². The van der Waals surface area contributed by atoms with Crippen LogP contribution in [0.5, 0.6) is 0 Å². The van der Waals surface area contributed by atoms with Crippen LogP contribution in [0.4, 0.5) is 10.2 Å². The number of likely N-dealkylation sites (tertiary alicyclic amines) is 1. The smallest absolute Gasteiger partial charge is 0.254 e. The zero-order chi connectivity index (χ0) is 21.4. The van der Waals surface area contributed by atoms with Gasteiger partial charge in [0.2, 0.25) is 0 Å². The van der Waals surface area contributed by atoms with Crippen LogP contribution in [0.15, 0.2) is 53.6 Å². The minimum Gasteiger partial charge on any atom is -0.383 e. The average Bonchev–Trinajstić information content (AvgIpc) is 3.36. The molecular weight excluding hydrogens is 389 g/mol. The second-order valence-electron chi connectivity index (χ2n) is 7.22. The Morgan fingerprint density at radius 3 is 2.77 bits per heavy atom. The van der Waals surface area contributed by atoms with Gasteiger partial charge in [0, 0.05) is 31.4 Å². The number of anilines is 1. The van der Waals surface area contributed by atoms with Crippen LogP contribution < -0.4 is 11.3 Å². The molecule has 3 heterocycles. The molecule has 4 rings (SSSR count). The topological polar surface area (TPSA) is 103 Å². The number of aromatic nitrogens is 3. The Hall–Kier alpha value is -3.75. The Morgan fingerprint density at radius 1 is 1.23 bits per heavy atom. The average molecular weight is 409 g/mol. The van der Waals surface area contributed by atoms with Crippen LogP contribution in [0.3, 0.4) is 0 Å². The van der Waals surface area contributed by atoms with Gasteiger partial charge < -0.3 is 15.2 Å². The molecule has 30 heavy (non-hydrogen) atoms. The predicted octanol–water partition coefficient (Wildman–Crippen LogP) is 1.78. The molecule has 1 saturated heterocycles. The van der Waals surface area contributed by atoms with E-state index in [4.69, 9.17) is 5.73 Å². The van der Waals surface area contributed by atoms with Gasteiger partial charge in [0.1, 0.15) is 11.6 Å². The fourth-order valence-electron chi connectivity index (χ4n) is 3.67. The van der Waals surface area contributed by atoms with Crippen LogP contribution in [0.25, 0.3) is 5.69 Å². The molecule has 1 amide bonds. The number of carbonyl (C=O) groups is 2. The quantitative estimate of drug-likeness (QED) is 0.662. The van der Waals surface area contributed by atoms with Crippen molar-refractivity contribution in [2.75, 3.05) is 12.3 Å². The lowest BCUT2D eigenvalue weighted by molar-refractivity contribution is 0.0671. The summed E-state index contributed by atoms with van der Waals surface area (Å²) in [6, 6.07) is 7.83. The summed E-state index contributed by atoms with van der Waals surface area (Å²) in [5.41, 5.74) is 6.64. The third kappa shape index (κ3) is 3.38. The Kier molecular flexibility index (Phi) is 4.94. The van der Waals surface area contributed by atoms with E-state index >= 15 is 0 Å². The van der Waals surface area contributed by atoms with E-state index in [0.717, 1.165) is 0 Å². The number of aryl methyl sites for hydroxylation is 1. The van der Waals surface area contributed by atoms with Gasteiger partial charge in [0.05, 0.1) is 23.5 Å². The Balaban J connectivity index is 1.62. The van der Waals surface area contributed by atoms with Gasteiger partial charge in [-0.05, 0) is 37.1 Å². The molecule has 154 valence electrons. The first-order chi connectivity index (χ1) is 14.4. The van der Waals surface area contributed by atoms with Gasteiger partial charge in [-0.3, -0.25) is 14.4 Å². The highest BCUT2D eigenvalue weighted by Crippen LogP contribution is 2.26. The number of benzene rings is 1. The Morgan fingerprint density at radius 2 is 2.03 bits per heavy atom. The molecule has 1 aliphatic heterocycles. The van der Waals surface area contributed by atoms with E-state index in [2.05, 4.69) is 5.10 Å². The molecule has 0 radical (unpaired) electrons. The highest BCUT2D eigenvalue weighted by Gasteiger charge is 2.36. The number of nitrogen functional groups attached to an aromatic ring is 1. The number of amides is 1. The van der Waals surface area contributed by atoms with Gasteiger partial charge in [0.25, 0.3) is 11.5 Å². The molecule has 0 saturated carbocycles. The maximum atomic E-state index is 13.5. The number of rotatable bonds is 4. The molecule has 1 aromatic carbocycles. The number of hydrogen-bond acceptors (Lipinski definition) is 5. The summed E-state index contributed by atoms with van der Waals surface area (Å²) in [5.74, 6) is -1.07. The third-order valence-electron chi connectivity index (χ3n) is 5.29. The summed E-state index contributed by atoms with van der Waals surface area (Å²) < 4.78 is 16.2. The van der Waals surface area contributed by atoms with E-state index in [1.54, 1.807) is 19.2 Å². The summed E-state index contributed by atoms with van der Waals surface area (Å²) in [5, 5.41) is 4.13. The summed E-state index contributed by atoms with van der Waals surface area (Å²) in [6.45, 7) is 0.405. The second-order valence-corrected chi connectivity index (χ2v) is 7.22. The second kappa shape index (κ2) is 7.58. The molecular formula is C21H20FN5O3. The number of nitrogens with two attached hydrogens (primary N) is 1. The van der Waals surface area contributed by atoms with Gasteiger partial charge in [-0.25, -0.2) is 9.07 Å². The van der Waals surface area contributed by atoms with Crippen molar-refractivity contribution in [3.8, 4) is 5.69 Å². The van der Waals surface area contributed by atoms with Crippen LogP contribution in [0.1, 0.15) is 33.6 Å². The summed E-state index contributed by atoms with van der Waals surface area (Å²) in [4.78, 5) is 39.5. The lowest BCUT2D eigenvalue weighted by Gasteiger charge is -2.23. The third-order valence-corrected chi connectivity index (χ3v) is 5.29. The van der Waals surface area contributed by atoms with Gasteiger partial charge in [-0.15, -0.1) is 0 Å². The molecule has 8 nitrogen and oxygen atoms in total. The van der Waals surface area contributed by atoms with Gasteiger partial charge in [-0.2, -0.15) is 5.10 Å². The molecule has 2 N–H and O–H groups in total. The molecule has 1 fully saturated rings. The van der Waals surface area contributed by atoms with E-state index < -0.39 is 11.9 Å². The normalized spacial score (nSPS) is 16.1. The molecule has 1 atom stereocenters.